The van der Waals surface area contributed by atoms with Crippen LogP contribution in [0.15, 0.2) is 96.4 Å². The lowest BCUT2D eigenvalue weighted by Gasteiger charge is -2.27. The highest BCUT2D eigenvalue weighted by atomic mass is 19.1. The molecule has 9 heteroatoms. The zero-order valence-electron chi connectivity index (χ0n) is 23.6. The molecule has 4 aromatic rings. The van der Waals surface area contributed by atoms with Crippen molar-refractivity contribution < 1.29 is 32.9 Å². The molecule has 1 unspecified atom stereocenters. The highest BCUT2D eigenvalue weighted by Crippen LogP contribution is 2.45. The van der Waals surface area contributed by atoms with Gasteiger partial charge in [0.1, 0.15) is 41.3 Å². The van der Waals surface area contributed by atoms with Crippen LogP contribution in [0.3, 0.4) is 0 Å². The van der Waals surface area contributed by atoms with Crippen LogP contribution < -0.4 is 29.4 Å². The molecule has 0 aromatic heterocycles. The van der Waals surface area contributed by atoms with Crippen molar-refractivity contribution in [2.24, 2.45) is 5.73 Å². The average Bonchev–Trinajstić information content (AvgIpc) is 3.03. The molecule has 218 valence electrons. The number of halogens is 1. The summed E-state index contributed by atoms with van der Waals surface area (Å²) >= 11 is 0. The Morgan fingerprint density at radius 3 is 2.47 bits per heavy atom. The smallest absolute Gasteiger partial charge is 0.349 e. The number of fused-ring (bicyclic) bond motifs is 1. The van der Waals surface area contributed by atoms with Crippen LogP contribution in [-0.4, -0.2) is 19.7 Å². The van der Waals surface area contributed by atoms with E-state index in [-0.39, 0.29) is 36.2 Å². The van der Waals surface area contributed by atoms with E-state index in [0.717, 1.165) is 12.0 Å². The van der Waals surface area contributed by atoms with Gasteiger partial charge in [0.25, 0.3) is 0 Å². The molecule has 43 heavy (non-hydrogen) atoms. The van der Waals surface area contributed by atoms with E-state index in [2.05, 4.69) is 13.0 Å². The Morgan fingerprint density at radius 1 is 0.977 bits per heavy atom. The molecule has 0 bridgehead atoms. The number of nitriles is 1. The largest absolute Gasteiger partial charge is 0.493 e. The minimum absolute atomic E-state index is 0.0104. The molecular weight excluding hydrogens is 551 g/mol. The minimum Gasteiger partial charge on any atom is -0.493 e. The predicted molar refractivity (Wildman–Crippen MR) is 156 cm³/mol. The maximum Gasteiger partial charge on any atom is 0.349 e. The number of benzene rings is 4. The van der Waals surface area contributed by atoms with E-state index >= 15 is 0 Å². The van der Waals surface area contributed by atoms with Crippen LogP contribution >= 0.6 is 0 Å². The van der Waals surface area contributed by atoms with Gasteiger partial charge in [0.2, 0.25) is 5.88 Å². The molecule has 4 aromatic carbocycles. The number of ether oxygens (including phenoxy) is 5. The van der Waals surface area contributed by atoms with Crippen molar-refractivity contribution >= 4 is 5.97 Å². The van der Waals surface area contributed by atoms with Crippen molar-refractivity contribution in [2.45, 2.75) is 25.9 Å². The number of carbonyl (C=O) groups is 1. The van der Waals surface area contributed by atoms with Crippen LogP contribution in [0.5, 0.6) is 28.7 Å². The molecule has 0 radical (unpaired) electrons. The van der Waals surface area contributed by atoms with Gasteiger partial charge in [0, 0.05) is 17.2 Å². The van der Waals surface area contributed by atoms with E-state index in [9.17, 15) is 14.4 Å². The van der Waals surface area contributed by atoms with Crippen LogP contribution in [0.4, 0.5) is 4.39 Å². The van der Waals surface area contributed by atoms with Gasteiger partial charge in [0.05, 0.1) is 13.0 Å². The van der Waals surface area contributed by atoms with Gasteiger partial charge in [-0.1, -0.05) is 49.4 Å². The molecule has 8 nitrogen and oxygen atoms in total. The number of esters is 1. The Morgan fingerprint density at radius 2 is 1.74 bits per heavy atom. The van der Waals surface area contributed by atoms with Crippen molar-refractivity contribution in [1.29, 1.82) is 5.26 Å². The molecule has 0 aliphatic carbocycles. The fourth-order valence-corrected chi connectivity index (χ4v) is 4.72. The molecule has 0 amide bonds. The number of nitrogens with zero attached hydrogens (tertiary/aromatic N) is 1. The Hall–Kier alpha value is -5.49. The standard InChI is InChI=1S/C34H29FN2O6/c1-3-21-8-11-24(12-9-21)40-20-32(38)42-25-13-14-26-30(17-25)43-34(37)27(18-36)33(26)22-10-15-29(31(16-22)39-2)41-19-23-6-4-5-7-28(23)35/h4-17,33H,3,19-20,37H2,1-2H3. The third kappa shape index (κ3) is 6.54. The van der Waals surface area contributed by atoms with Crippen molar-refractivity contribution in [3.63, 3.8) is 0 Å². The van der Waals surface area contributed by atoms with Gasteiger partial charge in [0.15, 0.2) is 18.1 Å². The molecule has 0 spiro atoms. The van der Waals surface area contributed by atoms with E-state index in [4.69, 9.17) is 29.4 Å². The van der Waals surface area contributed by atoms with E-state index < -0.39 is 11.9 Å². The summed E-state index contributed by atoms with van der Waals surface area (Å²) in [6, 6.07) is 26.1. The molecule has 1 aliphatic heterocycles. The summed E-state index contributed by atoms with van der Waals surface area (Å²) in [7, 11) is 1.49. The van der Waals surface area contributed by atoms with Gasteiger partial charge >= 0.3 is 5.97 Å². The topological polar surface area (TPSA) is 113 Å². The van der Waals surface area contributed by atoms with E-state index in [1.165, 1.54) is 13.2 Å². The SMILES string of the molecule is CCc1ccc(OCC(=O)Oc2ccc3c(c2)OC(N)=C(C#N)C3c2ccc(OCc3ccccc3F)c(OC)c2)cc1. The predicted octanol–water partition coefficient (Wildman–Crippen LogP) is 6.18. The van der Waals surface area contributed by atoms with Crippen LogP contribution in [0.25, 0.3) is 0 Å². The van der Waals surface area contributed by atoms with E-state index in [1.807, 2.05) is 12.1 Å². The van der Waals surface area contributed by atoms with E-state index in [1.54, 1.807) is 66.7 Å². The third-order valence-electron chi connectivity index (χ3n) is 6.97. The zero-order chi connectivity index (χ0) is 30.3. The summed E-state index contributed by atoms with van der Waals surface area (Å²) in [5.41, 5.74) is 9.26. The summed E-state index contributed by atoms with van der Waals surface area (Å²) in [5.74, 6) is 0.308. The molecule has 0 saturated heterocycles. The highest BCUT2D eigenvalue weighted by Gasteiger charge is 2.32. The lowest BCUT2D eigenvalue weighted by Crippen LogP contribution is -2.22. The molecule has 0 fully saturated rings. The molecule has 5 rings (SSSR count). The van der Waals surface area contributed by atoms with Gasteiger partial charge in [-0.2, -0.15) is 5.26 Å². The summed E-state index contributed by atoms with van der Waals surface area (Å²) in [6.45, 7) is 1.79. The fraction of sp³-hybridized carbons (Fsp3) is 0.176. The first kappa shape index (κ1) is 29.0. The van der Waals surface area contributed by atoms with Crippen molar-refractivity contribution in [1.82, 2.24) is 0 Å². The summed E-state index contributed by atoms with van der Waals surface area (Å²) in [4.78, 5) is 12.5. The molecular formula is C34H29FN2O6. The zero-order valence-corrected chi connectivity index (χ0v) is 23.6. The van der Waals surface area contributed by atoms with E-state index in [0.29, 0.717) is 39.7 Å². The number of hydrogen-bond donors (Lipinski definition) is 1. The molecule has 1 aliphatic rings. The molecule has 1 heterocycles. The lowest BCUT2D eigenvalue weighted by atomic mass is 9.83. The van der Waals surface area contributed by atoms with Gasteiger partial charge in [-0.3, -0.25) is 0 Å². The summed E-state index contributed by atoms with van der Waals surface area (Å²) in [5, 5.41) is 9.95. The second-order valence-corrected chi connectivity index (χ2v) is 9.68. The fourth-order valence-electron chi connectivity index (χ4n) is 4.72. The van der Waals surface area contributed by atoms with Crippen molar-refractivity contribution in [2.75, 3.05) is 13.7 Å². The maximum atomic E-state index is 14.1. The Kier molecular flexibility index (Phi) is 8.77. The third-order valence-corrected chi connectivity index (χ3v) is 6.97. The number of aryl methyl sites for hydroxylation is 1. The van der Waals surface area contributed by atoms with Crippen LogP contribution in [0.1, 0.15) is 35.1 Å². The van der Waals surface area contributed by atoms with Gasteiger partial charge in [-0.25, -0.2) is 9.18 Å². The van der Waals surface area contributed by atoms with Gasteiger partial charge in [-0.05, 0) is 53.9 Å². The first-order valence-electron chi connectivity index (χ1n) is 13.6. The molecule has 0 saturated carbocycles. The number of hydrogen-bond acceptors (Lipinski definition) is 8. The molecule has 2 N–H and O–H groups in total. The normalized spacial score (nSPS) is 13.8. The quantitative estimate of drug-likeness (QED) is 0.175. The lowest BCUT2D eigenvalue weighted by molar-refractivity contribution is -0.136. The number of rotatable bonds is 10. The first-order chi connectivity index (χ1) is 20.9. The number of carbonyl (C=O) groups excluding carboxylic acids is 1. The van der Waals surface area contributed by atoms with Crippen LogP contribution in [0.2, 0.25) is 0 Å². The van der Waals surface area contributed by atoms with Crippen LogP contribution in [0, 0.1) is 17.1 Å². The summed E-state index contributed by atoms with van der Waals surface area (Å²) in [6.07, 6.45) is 0.906. The number of nitrogens with two attached hydrogens (primary N) is 1. The second kappa shape index (κ2) is 13.0. The number of allylic oxidation sites excluding steroid dienone is 1. The van der Waals surface area contributed by atoms with Crippen molar-refractivity contribution in [3.05, 3.63) is 124 Å². The molecule has 1 atom stereocenters. The Balaban J connectivity index is 1.34. The van der Waals surface area contributed by atoms with Crippen LogP contribution in [-0.2, 0) is 17.8 Å². The van der Waals surface area contributed by atoms with Gasteiger partial charge in [-0.15, -0.1) is 0 Å². The maximum absolute atomic E-state index is 14.1. The highest BCUT2D eigenvalue weighted by molar-refractivity contribution is 5.74. The Bertz CT molecular complexity index is 1710. The van der Waals surface area contributed by atoms with Gasteiger partial charge < -0.3 is 29.4 Å². The average molecular weight is 581 g/mol. The summed E-state index contributed by atoms with van der Waals surface area (Å²) < 4.78 is 42.2. The first-order valence-corrected chi connectivity index (χ1v) is 13.6. The van der Waals surface area contributed by atoms with Crippen molar-refractivity contribution in [3.8, 4) is 34.8 Å². The second-order valence-electron chi connectivity index (χ2n) is 9.68. The number of methoxy groups -OCH3 is 1. The minimum atomic E-state index is -0.595. The monoisotopic (exact) mass is 580 g/mol. The Labute approximate surface area is 248 Å².